The van der Waals surface area contributed by atoms with Gasteiger partial charge >= 0.3 is 0 Å². The molecule has 0 aromatic heterocycles. The summed E-state index contributed by atoms with van der Waals surface area (Å²) in [7, 11) is -2.43. The number of allylic oxidation sites excluding steroid dienone is 3. The zero-order valence-electron chi connectivity index (χ0n) is 16.1. The van der Waals surface area contributed by atoms with E-state index in [0.717, 1.165) is 0 Å². The fourth-order valence-electron chi connectivity index (χ4n) is 3.04. The van der Waals surface area contributed by atoms with E-state index in [0.29, 0.717) is 5.54 Å². The van der Waals surface area contributed by atoms with Crippen LogP contribution in [-0.2, 0) is 4.43 Å². The van der Waals surface area contributed by atoms with Crippen LogP contribution in [0.2, 0.25) is 38.3 Å². The maximum Gasteiger partial charge on any atom is 0.229 e. The van der Waals surface area contributed by atoms with E-state index >= 15 is 0 Å². The number of hydrogen-bond acceptors (Lipinski definition) is 1. The van der Waals surface area contributed by atoms with Crippen LogP contribution in [-0.4, -0.2) is 17.1 Å². The van der Waals surface area contributed by atoms with E-state index in [1.54, 1.807) is 0 Å². The van der Waals surface area contributed by atoms with Gasteiger partial charge in [0.05, 0.1) is 13.8 Å². The van der Waals surface area contributed by atoms with Crippen molar-refractivity contribution in [3.05, 3.63) is 23.0 Å². The Kier molecular flexibility index (Phi) is 5.12. The van der Waals surface area contributed by atoms with Gasteiger partial charge in [-0.05, 0) is 35.1 Å². The molecule has 1 rings (SSSR count). The van der Waals surface area contributed by atoms with Crippen LogP contribution in [0.3, 0.4) is 0 Å². The molecule has 0 saturated carbocycles. The molecule has 0 aliphatic heterocycles. The quantitative estimate of drug-likeness (QED) is 0.580. The molecular weight excluding hydrogens is 288 g/mol. The first kappa shape index (κ1) is 18.8. The van der Waals surface area contributed by atoms with Gasteiger partial charge in [0.15, 0.2) is 0 Å². The van der Waals surface area contributed by atoms with Crippen LogP contribution in [0.5, 0.6) is 0 Å². The normalized spacial score (nSPS) is 21.1. The summed E-state index contributed by atoms with van der Waals surface area (Å²) in [6.07, 6.45) is 2.55. The molecule has 1 atom stereocenters. The lowest BCUT2D eigenvalue weighted by Crippen LogP contribution is -2.30. The summed E-state index contributed by atoms with van der Waals surface area (Å²) in [5, 5.41) is 0. The van der Waals surface area contributed by atoms with Crippen molar-refractivity contribution < 1.29 is 4.43 Å². The first-order valence-corrected chi connectivity index (χ1v) is 14.7. The first-order chi connectivity index (χ1) is 9.15. The van der Waals surface area contributed by atoms with Crippen molar-refractivity contribution >= 4 is 17.1 Å². The van der Waals surface area contributed by atoms with E-state index in [2.05, 4.69) is 80.4 Å². The molecule has 1 nitrogen and oxygen atoms in total. The van der Waals surface area contributed by atoms with Gasteiger partial charge in [-0.1, -0.05) is 67.3 Å². The molecule has 0 aromatic rings. The highest BCUT2D eigenvalue weighted by Crippen LogP contribution is 2.53. The fraction of sp³-hybridized carbons (Fsp3) is 0.778. The molecule has 0 heterocycles. The molecule has 122 valence electrons. The minimum atomic E-state index is -1.33. The van der Waals surface area contributed by atoms with Gasteiger partial charge < -0.3 is 4.43 Å². The highest BCUT2D eigenvalue weighted by atomic mass is 28.3. The van der Waals surface area contributed by atoms with Gasteiger partial charge in [-0.15, -0.1) is 0 Å². The Bertz CT molecular complexity index is 451. The van der Waals surface area contributed by atoms with Crippen LogP contribution in [0.25, 0.3) is 0 Å². The average Bonchev–Trinajstić information content (AvgIpc) is 2.53. The number of rotatable bonds is 3. The Balaban J connectivity index is 3.55. The first-order valence-electron chi connectivity index (χ1n) is 8.29. The second-order valence-electron chi connectivity index (χ2n) is 9.83. The Labute approximate surface area is 135 Å². The molecule has 0 fully saturated rings. The molecule has 0 spiro atoms. The van der Waals surface area contributed by atoms with Crippen molar-refractivity contribution in [2.75, 3.05) is 0 Å². The van der Waals surface area contributed by atoms with Crippen molar-refractivity contribution in [1.29, 1.82) is 0 Å². The molecule has 0 saturated heterocycles. The largest absolute Gasteiger partial charge is 0.549 e. The highest BCUT2D eigenvalue weighted by Gasteiger charge is 2.43. The van der Waals surface area contributed by atoms with Crippen LogP contribution in [0.4, 0.5) is 0 Å². The monoisotopic (exact) mass is 324 g/mol. The average molecular weight is 325 g/mol. The predicted molar refractivity (Wildman–Crippen MR) is 101 cm³/mol. The third-order valence-corrected chi connectivity index (χ3v) is 7.01. The van der Waals surface area contributed by atoms with Gasteiger partial charge in [-0.25, -0.2) is 0 Å². The standard InChI is InChI=1S/C18H36OSi2/c1-17(2,3)13-12-14(21(9,10)11)16(19-20(7)8)15(13)18(4,5)6/h12,14,20H,1-11H3. The Morgan fingerprint density at radius 3 is 1.71 bits per heavy atom. The van der Waals surface area contributed by atoms with Gasteiger partial charge in [0, 0.05) is 5.54 Å². The van der Waals surface area contributed by atoms with E-state index < -0.39 is 17.1 Å². The van der Waals surface area contributed by atoms with Crippen LogP contribution in [0.1, 0.15) is 41.5 Å². The van der Waals surface area contributed by atoms with Crippen molar-refractivity contribution in [3.63, 3.8) is 0 Å². The minimum absolute atomic E-state index is 0.145. The summed E-state index contributed by atoms with van der Waals surface area (Å²) >= 11 is 0. The molecule has 21 heavy (non-hydrogen) atoms. The predicted octanol–water partition coefficient (Wildman–Crippen LogP) is 5.98. The lowest BCUT2D eigenvalue weighted by Gasteiger charge is -2.33. The third-order valence-electron chi connectivity index (χ3n) is 3.99. The molecule has 0 N–H and O–H groups in total. The maximum absolute atomic E-state index is 6.52. The summed E-state index contributed by atoms with van der Waals surface area (Å²) in [6, 6.07) is 0. The van der Waals surface area contributed by atoms with Gasteiger partial charge in [-0.2, -0.15) is 0 Å². The fourth-order valence-corrected chi connectivity index (χ4v) is 5.62. The van der Waals surface area contributed by atoms with Crippen LogP contribution < -0.4 is 0 Å². The van der Waals surface area contributed by atoms with Crippen molar-refractivity contribution in [3.8, 4) is 0 Å². The van der Waals surface area contributed by atoms with Crippen LogP contribution in [0.15, 0.2) is 23.0 Å². The third kappa shape index (κ3) is 4.35. The Hall–Kier alpha value is -0.286. The smallest absolute Gasteiger partial charge is 0.229 e. The molecule has 0 radical (unpaired) electrons. The lowest BCUT2D eigenvalue weighted by atomic mass is 9.74. The van der Waals surface area contributed by atoms with Gasteiger partial charge in [0.1, 0.15) is 0 Å². The summed E-state index contributed by atoms with van der Waals surface area (Å²) in [4.78, 5) is 0. The minimum Gasteiger partial charge on any atom is -0.549 e. The van der Waals surface area contributed by atoms with Crippen molar-refractivity contribution in [1.82, 2.24) is 0 Å². The summed E-state index contributed by atoms with van der Waals surface area (Å²) in [6.45, 7) is 26.0. The molecule has 0 bridgehead atoms. The Morgan fingerprint density at radius 2 is 1.43 bits per heavy atom. The topological polar surface area (TPSA) is 9.23 Å². The van der Waals surface area contributed by atoms with E-state index in [9.17, 15) is 0 Å². The SMILES string of the molecule is C[SiH](C)OC1=C(C(C)(C)C)C(C(C)(C)C)=CC1[Si](C)(C)C. The zero-order valence-corrected chi connectivity index (χ0v) is 18.3. The highest BCUT2D eigenvalue weighted by molar-refractivity contribution is 6.78. The van der Waals surface area contributed by atoms with E-state index in [1.807, 2.05) is 0 Å². The molecule has 1 aliphatic carbocycles. The molecule has 1 aliphatic rings. The van der Waals surface area contributed by atoms with Crippen LogP contribution in [0, 0.1) is 10.8 Å². The second kappa shape index (κ2) is 5.73. The molecule has 1 unspecified atom stereocenters. The van der Waals surface area contributed by atoms with Crippen molar-refractivity contribution in [2.45, 2.75) is 79.8 Å². The zero-order chi connectivity index (χ0) is 16.8. The number of hydrogen-bond donors (Lipinski definition) is 0. The summed E-state index contributed by atoms with van der Waals surface area (Å²) < 4.78 is 6.52. The van der Waals surface area contributed by atoms with Gasteiger partial charge in [0.25, 0.3) is 0 Å². The van der Waals surface area contributed by atoms with Crippen LogP contribution >= 0.6 is 0 Å². The van der Waals surface area contributed by atoms with E-state index in [-0.39, 0.29) is 10.8 Å². The Morgan fingerprint density at radius 1 is 0.952 bits per heavy atom. The van der Waals surface area contributed by atoms with Gasteiger partial charge in [0.2, 0.25) is 9.04 Å². The van der Waals surface area contributed by atoms with E-state index in [1.165, 1.54) is 16.9 Å². The van der Waals surface area contributed by atoms with Crippen molar-refractivity contribution in [2.24, 2.45) is 10.8 Å². The lowest BCUT2D eigenvalue weighted by molar-refractivity contribution is 0.385. The molecule has 0 amide bonds. The summed E-state index contributed by atoms with van der Waals surface area (Å²) in [5.41, 5.74) is 3.88. The van der Waals surface area contributed by atoms with Gasteiger partial charge in [-0.3, -0.25) is 0 Å². The second-order valence-corrected chi connectivity index (χ2v) is 17.5. The van der Waals surface area contributed by atoms with E-state index in [4.69, 9.17) is 4.43 Å². The molecule has 0 aromatic carbocycles. The molecule has 3 heteroatoms. The summed E-state index contributed by atoms with van der Waals surface area (Å²) in [5.74, 6) is 1.33. The maximum atomic E-state index is 6.52. The molecular formula is C18H36OSi2.